The van der Waals surface area contributed by atoms with Crippen molar-refractivity contribution in [3.63, 3.8) is 0 Å². The Labute approximate surface area is 217 Å². The Hall–Kier alpha value is -3.45. The van der Waals surface area contributed by atoms with Crippen molar-refractivity contribution in [3.05, 3.63) is 87.1 Å². The second kappa shape index (κ2) is 11.5. The summed E-state index contributed by atoms with van der Waals surface area (Å²) in [7, 11) is 0. The van der Waals surface area contributed by atoms with E-state index in [9.17, 15) is 14.4 Å². The summed E-state index contributed by atoms with van der Waals surface area (Å²) in [5, 5.41) is 7.67. The Morgan fingerprint density at radius 3 is 2.25 bits per heavy atom. The standard InChI is InChI=1S/C29H35N3O3S/c1-7-29(5,6)31-28(35)26(22-14-11-19(2)12-15-22)32(23-17-20(3)10-13-21(23)4)25(33)18-30-27(34)24-9-8-16-36-24/h8-17,26H,7,18H2,1-6H3,(H,30,34)(H,31,35). The largest absolute Gasteiger partial charge is 0.349 e. The lowest BCUT2D eigenvalue weighted by Crippen LogP contribution is -2.52. The fourth-order valence-electron chi connectivity index (χ4n) is 3.79. The van der Waals surface area contributed by atoms with Crippen LogP contribution >= 0.6 is 11.3 Å². The maximum atomic E-state index is 13.9. The molecule has 0 aliphatic heterocycles. The van der Waals surface area contributed by atoms with E-state index in [-0.39, 0.29) is 24.3 Å². The lowest BCUT2D eigenvalue weighted by atomic mass is 9.97. The molecule has 190 valence electrons. The third kappa shape index (κ3) is 6.61. The van der Waals surface area contributed by atoms with Crippen molar-refractivity contribution in [2.75, 3.05) is 11.4 Å². The maximum absolute atomic E-state index is 13.9. The highest BCUT2D eigenvalue weighted by atomic mass is 32.1. The Morgan fingerprint density at radius 1 is 0.972 bits per heavy atom. The number of thiophene rings is 1. The van der Waals surface area contributed by atoms with Crippen molar-refractivity contribution >= 4 is 34.7 Å². The van der Waals surface area contributed by atoms with Gasteiger partial charge in [0.2, 0.25) is 11.8 Å². The SMILES string of the molecule is CCC(C)(C)NC(=O)C(c1ccc(C)cc1)N(C(=O)CNC(=O)c1cccs1)c1cc(C)ccc1C. The second-order valence-corrected chi connectivity index (χ2v) is 10.7. The van der Waals surface area contributed by atoms with Crippen LogP contribution in [0.25, 0.3) is 0 Å². The number of benzene rings is 2. The Balaban J connectivity index is 2.08. The van der Waals surface area contributed by atoms with E-state index in [4.69, 9.17) is 0 Å². The molecule has 1 unspecified atom stereocenters. The van der Waals surface area contributed by atoms with Gasteiger partial charge in [-0.3, -0.25) is 19.3 Å². The molecule has 1 atom stereocenters. The van der Waals surface area contributed by atoms with Gasteiger partial charge in [0, 0.05) is 11.2 Å². The lowest BCUT2D eigenvalue weighted by Gasteiger charge is -2.35. The summed E-state index contributed by atoms with van der Waals surface area (Å²) < 4.78 is 0. The first-order chi connectivity index (χ1) is 17.0. The zero-order valence-electron chi connectivity index (χ0n) is 21.8. The van der Waals surface area contributed by atoms with Gasteiger partial charge in [-0.1, -0.05) is 55.0 Å². The highest BCUT2D eigenvalue weighted by Crippen LogP contribution is 2.32. The molecule has 2 N–H and O–H groups in total. The highest BCUT2D eigenvalue weighted by Gasteiger charge is 2.35. The summed E-state index contributed by atoms with van der Waals surface area (Å²) in [4.78, 5) is 42.3. The van der Waals surface area contributed by atoms with Crippen molar-refractivity contribution in [3.8, 4) is 0 Å². The van der Waals surface area contributed by atoms with Crippen LogP contribution in [-0.4, -0.2) is 29.8 Å². The van der Waals surface area contributed by atoms with E-state index in [0.29, 0.717) is 16.1 Å². The van der Waals surface area contributed by atoms with Crippen molar-refractivity contribution in [2.24, 2.45) is 0 Å². The van der Waals surface area contributed by atoms with Crippen LogP contribution in [0, 0.1) is 20.8 Å². The molecular formula is C29H35N3O3S. The van der Waals surface area contributed by atoms with E-state index in [1.165, 1.54) is 16.2 Å². The fraction of sp³-hybridized carbons (Fsp3) is 0.345. The number of hydrogen-bond donors (Lipinski definition) is 2. The number of nitrogens with zero attached hydrogens (tertiary/aromatic N) is 1. The fourth-order valence-corrected chi connectivity index (χ4v) is 4.43. The summed E-state index contributed by atoms with van der Waals surface area (Å²) in [5.41, 5.74) is 3.76. The molecule has 0 aliphatic carbocycles. The molecule has 0 radical (unpaired) electrons. The molecule has 0 saturated carbocycles. The van der Waals surface area contributed by atoms with Gasteiger partial charge >= 0.3 is 0 Å². The van der Waals surface area contributed by atoms with Gasteiger partial charge in [0.15, 0.2) is 0 Å². The number of nitrogens with one attached hydrogen (secondary N) is 2. The monoisotopic (exact) mass is 505 g/mol. The zero-order valence-corrected chi connectivity index (χ0v) is 22.7. The van der Waals surface area contributed by atoms with Gasteiger partial charge in [-0.2, -0.15) is 0 Å². The molecule has 0 aliphatic rings. The normalized spacial score (nSPS) is 12.1. The maximum Gasteiger partial charge on any atom is 0.261 e. The zero-order chi connectivity index (χ0) is 26.5. The molecule has 1 aromatic heterocycles. The Bertz CT molecular complexity index is 1220. The van der Waals surface area contributed by atoms with Gasteiger partial charge in [-0.05, 0) is 75.2 Å². The minimum absolute atomic E-state index is 0.239. The molecule has 0 saturated heterocycles. The number of carbonyl (C=O) groups is 3. The smallest absolute Gasteiger partial charge is 0.261 e. The summed E-state index contributed by atoms with van der Waals surface area (Å²) in [6, 6.07) is 16.0. The Kier molecular flexibility index (Phi) is 8.69. The van der Waals surface area contributed by atoms with Crippen LogP contribution < -0.4 is 15.5 Å². The van der Waals surface area contributed by atoms with Crippen LogP contribution in [0.2, 0.25) is 0 Å². The number of carbonyl (C=O) groups excluding carboxylic acids is 3. The van der Waals surface area contributed by atoms with E-state index in [2.05, 4.69) is 10.6 Å². The first kappa shape index (κ1) is 27.1. The van der Waals surface area contributed by atoms with Crippen molar-refractivity contribution < 1.29 is 14.4 Å². The average Bonchev–Trinajstić information content (AvgIpc) is 3.38. The van der Waals surface area contributed by atoms with Gasteiger partial charge < -0.3 is 10.6 Å². The van der Waals surface area contributed by atoms with Crippen LogP contribution in [0.3, 0.4) is 0 Å². The second-order valence-electron chi connectivity index (χ2n) is 9.75. The summed E-state index contributed by atoms with van der Waals surface area (Å²) in [5.74, 6) is -0.962. The van der Waals surface area contributed by atoms with Crippen LogP contribution in [0.15, 0.2) is 60.0 Å². The molecule has 3 rings (SSSR count). The molecule has 0 spiro atoms. The summed E-state index contributed by atoms with van der Waals surface area (Å²) in [6.45, 7) is 11.5. The molecule has 36 heavy (non-hydrogen) atoms. The van der Waals surface area contributed by atoms with Crippen LogP contribution in [0.4, 0.5) is 5.69 Å². The van der Waals surface area contributed by atoms with Gasteiger partial charge in [-0.25, -0.2) is 0 Å². The molecule has 3 amide bonds. The lowest BCUT2D eigenvalue weighted by molar-refractivity contribution is -0.127. The molecule has 0 fully saturated rings. The molecule has 2 aromatic carbocycles. The van der Waals surface area contributed by atoms with Crippen LogP contribution in [-0.2, 0) is 9.59 Å². The molecule has 0 bridgehead atoms. The van der Waals surface area contributed by atoms with Gasteiger partial charge in [-0.15, -0.1) is 11.3 Å². The number of hydrogen-bond acceptors (Lipinski definition) is 4. The van der Waals surface area contributed by atoms with E-state index >= 15 is 0 Å². The third-order valence-corrected chi connectivity index (χ3v) is 7.15. The van der Waals surface area contributed by atoms with Gasteiger partial charge in [0.1, 0.15) is 6.04 Å². The quantitative estimate of drug-likeness (QED) is 0.404. The Morgan fingerprint density at radius 2 is 1.64 bits per heavy atom. The van der Waals surface area contributed by atoms with E-state index < -0.39 is 11.6 Å². The van der Waals surface area contributed by atoms with E-state index in [1.54, 1.807) is 12.1 Å². The minimum atomic E-state index is -0.914. The number of rotatable bonds is 9. The van der Waals surface area contributed by atoms with Crippen LogP contribution in [0.1, 0.15) is 65.2 Å². The van der Waals surface area contributed by atoms with Crippen molar-refractivity contribution in [2.45, 2.75) is 59.5 Å². The van der Waals surface area contributed by atoms with Crippen molar-refractivity contribution in [1.29, 1.82) is 0 Å². The first-order valence-electron chi connectivity index (χ1n) is 12.1. The third-order valence-electron chi connectivity index (χ3n) is 6.28. The summed E-state index contributed by atoms with van der Waals surface area (Å²) in [6.07, 6.45) is 0.730. The number of amides is 3. The molecule has 3 aromatic rings. The predicted molar refractivity (Wildman–Crippen MR) is 146 cm³/mol. The van der Waals surface area contributed by atoms with Crippen molar-refractivity contribution in [1.82, 2.24) is 10.6 Å². The first-order valence-corrected chi connectivity index (χ1v) is 13.0. The number of anilines is 1. The average molecular weight is 506 g/mol. The number of aryl methyl sites for hydroxylation is 3. The molecule has 1 heterocycles. The topological polar surface area (TPSA) is 78.5 Å². The van der Waals surface area contributed by atoms with E-state index in [0.717, 1.165) is 23.1 Å². The molecule has 6 nitrogen and oxygen atoms in total. The summed E-state index contributed by atoms with van der Waals surface area (Å²) >= 11 is 1.31. The van der Waals surface area contributed by atoms with Gasteiger partial charge in [0.25, 0.3) is 5.91 Å². The highest BCUT2D eigenvalue weighted by molar-refractivity contribution is 7.12. The predicted octanol–water partition coefficient (Wildman–Crippen LogP) is 5.48. The van der Waals surface area contributed by atoms with Crippen LogP contribution in [0.5, 0.6) is 0 Å². The molecular weight excluding hydrogens is 470 g/mol. The van der Waals surface area contributed by atoms with Gasteiger partial charge in [0.05, 0.1) is 11.4 Å². The minimum Gasteiger partial charge on any atom is -0.349 e. The van der Waals surface area contributed by atoms with E-state index in [1.807, 2.05) is 89.4 Å². The molecule has 7 heteroatoms.